The zero-order valence-electron chi connectivity index (χ0n) is 18.4. The van der Waals surface area contributed by atoms with Gasteiger partial charge in [0.25, 0.3) is 0 Å². The normalized spacial score (nSPS) is 18.9. The van der Waals surface area contributed by atoms with E-state index in [1.165, 1.54) is 0 Å². The number of rotatable bonds is 7. The Hall–Kier alpha value is -2.32. The number of aliphatic carboxylic acids is 4. The van der Waals surface area contributed by atoms with Crippen LogP contribution in [0, 0.1) is 11.8 Å². The molecular formula is C18H38N4O9. The standard InChI is InChI=1S/C6H13NO2.C5H9NO3.C5H11NO2.C2H5NO2/c1-4(2)3-5(7)6(8)9;7-3-1-4(5(8)9)6-2-3;1-3(2)4(6)5(7)8;3-1-2(4)5/h4-5H,3,7H2,1-2H3,(H,8,9);3-4,6-7H,1-2H2,(H,8,9);3-4H,6H2,1-2H3,(H,7,8);1,3H2,(H,4,5)/t5-;3-,4+;4-;/m010./s1. The van der Waals surface area contributed by atoms with E-state index in [9.17, 15) is 19.2 Å². The number of aliphatic hydroxyl groups is 1. The molecule has 0 saturated carbocycles. The molecule has 31 heavy (non-hydrogen) atoms. The second kappa shape index (κ2) is 18.4. The minimum Gasteiger partial charge on any atom is -0.480 e. The third-order valence-corrected chi connectivity index (χ3v) is 3.63. The molecule has 0 aromatic carbocycles. The Labute approximate surface area is 181 Å². The monoisotopic (exact) mass is 454 g/mol. The van der Waals surface area contributed by atoms with Crippen LogP contribution in [0.1, 0.15) is 40.5 Å². The van der Waals surface area contributed by atoms with Gasteiger partial charge in [-0.15, -0.1) is 0 Å². The number of carboxylic acids is 4. The van der Waals surface area contributed by atoms with E-state index in [4.69, 9.17) is 37.0 Å². The number of nitrogens with one attached hydrogen (secondary N) is 1. The van der Waals surface area contributed by atoms with Crippen molar-refractivity contribution in [1.29, 1.82) is 0 Å². The fourth-order valence-corrected chi connectivity index (χ4v) is 1.80. The molecule has 13 heteroatoms. The van der Waals surface area contributed by atoms with Crippen molar-refractivity contribution in [2.45, 2.75) is 64.8 Å². The zero-order chi connectivity index (χ0) is 25.3. The van der Waals surface area contributed by atoms with Gasteiger partial charge in [-0.3, -0.25) is 19.2 Å². The van der Waals surface area contributed by atoms with E-state index in [0.717, 1.165) is 0 Å². The SMILES string of the molecule is CC(C)C[C@H](N)C(=O)O.CC(C)[C@H](N)C(=O)O.NCC(=O)O.O=C(O)[C@@H]1C[C@@H](O)CN1. The summed E-state index contributed by atoms with van der Waals surface area (Å²) < 4.78 is 0. The quantitative estimate of drug-likeness (QED) is 0.208. The van der Waals surface area contributed by atoms with Gasteiger partial charge in [-0.1, -0.05) is 27.7 Å². The molecule has 1 aliphatic heterocycles. The highest BCUT2D eigenvalue weighted by atomic mass is 16.4. The van der Waals surface area contributed by atoms with E-state index in [0.29, 0.717) is 25.3 Å². The largest absolute Gasteiger partial charge is 0.480 e. The first-order valence-corrected chi connectivity index (χ1v) is 9.59. The molecule has 0 spiro atoms. The zero-order valence-corrected chi connectivity index (χ0v) is 18.4. The molecule has 0 amide bonds. The van der Waals surface area contributed by atoms with Gasteiger partial charge in [-0.05, 0) is 18.3 Å². The first-order chi connectivity index (χ1) is 14.1. The van der Waals surface area contributed by atoms with Crippen molar-refractivity contribution >= 4 is 23.9 Å². The highest BCUT2D eigenvalue weighted by Gasteiger charge is 2.27. The first-order valence-electron chi connectivity index (χ1n) is 9.59. The van der Waals surface area contributed by atoms with E-state index in [1.807, 2.05) is 13.8 Å². The van der Waals surface area contributed by atoms with Crippen LogP contribution in [0.15, 0.2) is 0 Å². The molecule has 1 fully saturated rings. The minimum atomic E-state index is -0.968. The molecular weight excluding hydrogens is 416 g/mol. The summed E-state index contributed by atoms with van der Waals surface area (Å²) in [6.45, 7) is 7.57. The van der Waals surface area contributed by atoms with E-state index in [1.54, 1.807) is 13.8 Å². The molecule has 4 atom stereocenters. The van der Waals surface area contributed by atoms with E-state index < -0.39 is 48.1 Å². The predicted molar refractivity (Wildman–Crippen MR) is 112 cm³/mol. The van der Waals surface area contributed by atoms with E-state index >= 15 is 0 Å². The van der Waals surface area contributed by atoms with Crippen LogP contribution in [0.4, 0.5) is 0 Å². The molecule has 1 aliphatic rings. The van der Waals surface area contributed by atoms with Gasteiger partial charge < -0.3 is 48.1 Å². The lowest BCUT2D eigenvalue weighted by atomic mass is 10.1. The Morgan fingerprint density at radius 2 is 1.42 bits per heavy atom. The van der Waals surface area contributed by atoms with Crippen LogP contribution in [0.5, 0.6) is 0 Å². The minimum absolute atomic E-state index is 0.0208. The van der Waals surface area contributed by atoms with Crippen molar-refractivity contribution in [3.8, 4) is 0 Å². The fourth-order valence-electron chi connectivity index (χ4n) is 1.80. The summed E-state index contributed by atoms with van der Waals surface area (Å²) in [7, 11) is 0. The third-order valence-electron chi connectivity index (χ3n) is 3.63. The highest BCUT2D eigenvalue weighted by molar-refractivity contribution is 5.74. The van der Waals surface area contributed by atoms with Gasteiger partial charge in [0, 0.05) is 13.0 Å². The fraction of sp³-hybridized carbons (Fsp3) is 0.778. The molecule has 13 nitrogen and oxygen atoms in total. The number of nitrogens with two attached hydrogens (primary N) is 3. The third kappa shape index (κ3) is 22.2. The summed E-state index contributed by atoms with van der Waals surface area (Å²) in [5, 5.41) is 44.0. The maximum Gasteiger partial charge on any atom is 0.320 e. The van der Waals surface area contributed by atoms with Gasteiger partial charge in [0.05, 0.1) is 12.6 Å². The van der Waals surface area contributed by atoms with Crippen molar-refractivity contribution < 1.29 is 44.7 Å². The van der Waals surface area contributed by atoms with Crippen molar-refractivity contribution in [1.82, 2.24) is 5.32 Å². The van der Waals surface area contributed by atoms with Gasteiger partial charge in [0.2, 0.25) is 0 Å². The summed E-state index contributed by atoms with van der Waals surface area (Å²) in [5.74, 6) is -3.32. The van der Waals surface area contributed by atoms with Crippen molar-refractivity contribution in [2.24, 2.45) is 29.0 Å². The molecule has 0 radical (unpaired) electrons. The molecule has 0 aliphatic carbocycles. The van der Waals surface area contributed by atoms with Crippen LogP contribution in [0.25, 0.3) is 0 Å². The Morgan fingerprint density at radius 1 is 0.968 bits per heavy atom. The van der Waals surface area contributed by atoms with Crippen molar-refractivity contribution in [2.75, 3.05) is 13.1 Å². The second-order valence-corrected chi connectivity index (χ2v) is 7.47. The van der Waals surface area contributed by atoms with Crippen LogP contribution in [-0.4, -0.2) is 86.7 Å². The molecule has 1 saturated heterocycles. The Balaban J connectivity index is -0.000000345. The summed E-state index contributed by atoms with van der Waals surface area (Å²) >= 11 is 0. The maximum atomic E-state index is 10.2. The summed E-state index contributed by atoms with van der Waals surface area (Å²) in [4.78, 5) is 39.5. The van der Waals surface area contributed by atoms with Crippen LogP contribution >= 0.6 is 0 Å². The predicted octanol–water partition coefficient (Wildman–Crippen LogP) is -1.68. The van der Waals surface area contributed by atoms with Crippen LogP contribution in [-0.2, 0) is 19.2 Å². The van der Waals surface area contributed by atoms with Gasteiger partial charge in [-0.2, -0.15) is 0 Å². The highest BCUT2D eigenvalue weighted by Crippen LogP contribution is 2.05. The molecule has 1 rings (SSSR count). The Morgan fingerprint density at radius 3 is 1.52 bits per heavy atom. The van der Waals surface area contributed by atoms with Crippen molar-refractivity contribution in [3.05, 3.63) is 0 Å². The van der Waals surface area contributed by atoms with Crippen molar-refractivity contribution in [3.63, 3.8) is 0 Å². The van der Waals surface area contributed by atoms with Crippen LogP contribution < -0.4 is 22.5 Å². The molecule has 0 aromatic rings. The lowest BCUT2D eigenvalue weighted by Crippen LogP contribution is -2.34. The second-order valence-electron chi connectivity index (χ2n) is 7.47. The molecule has 0 unspecified atom stereocenters. The van der Waals surface area contributed by atoms with Gasteiger partial charge >= 0.3 is 23.9 Å². The lowest BCUT2D eigenvalue weighted by Gasteiger charge is -2.07. The number of β-amino-alcohol motifs (C(OH)–C–C–N with tert-alkyl or cyclic N) is 1. The summed E-state index contributed by atoms with van der Waals surface area (Å²) in [6.07, 6.45) is 0.399. The summed E-state index contributed by atoms with van der Waals surface area (Å²) in [6, 6.07) is -1.94. The van der Waals surface area contributed by atoms with Crippen LogP contribution in [0.3, 0.4) is 0 Å². The average Bonchev–Trinajstić information content (AvgIpc) is 3.08. The number of carboxylic acid groups (broad SMARTS) is 4. The van der Waals surface area contributed by atoms with Crippen LogP contribution in [0.2, 0.25) is 0 Å². The summed E-state index contributed by atoms with van der Waals surface area (Å²) in [5.41, 5.74) is 14.9. The molecule has 184 valence electrons. The Bertz CT molecular complexity index is 544. The number of hydrogen-bond donors (Lipinski definition) is 9. The van der Waals surface area contributed by atoms with E-state index in [-0.39, 0.29) is 12.5 Å². The number of hydrogen-bond acceptors (Lipinski definition) is 9. The average molecular weight is 455 g/mol. The van der Waals surface area contributed by atoms with Gasteiger partial charge in [-0.25, -0.2) is 0 Å². The number of aliphatic hydroxyl groups excluding tert-OH is 1. The van der Waals surface area contributed by atoms with Gasteiger partial charge in [0.1, 0.15) is 18.1 Å². The van der Waals surface area contributed by atoms with Gasteiger partial charge in [0.15, 0.2) is 0 Å². The maximum absolute atomic E-state index is 10.2. The number of carbonyl (C=O) groups is 4. The lowest BCUT2D eigenvalue weighted by molar-refractivity contribution is -0.140. The van der Waals surface area contributed by atoms with E-state index in [2.05, 4.69) is 11.1 Å². The topological polar surface area (TPSA) is 260 Å². The molecule has 0 bridgehead atoms. The first kappa shape index (κ1) is 33.3. The molecule has 1 heterocycles. The molecule has 0 aromatic heterocycles. The smallest absolute Gasteiger partial charge is 0.320 e. The molecule has 12 N–H and O–H groups in total. The Kier molecular flexibility index (Phi) is 19.8.